The number of anilines is 2. The van der Waals surface area contributed by atoms with Crippen molar-refractivity contribution in [1.82, 2.24) is 10.1 Å². The summed E-state index contributed by atoms with van der Waals surface area (Å²) in [5, 5.41) is 15.6. The number of aromatic nitrogens is 2. The molecule has 1 heterocycles. The average molecular weight is 248 g/mol. The van der Waals surface area contributed by atoms with Crippen molar-refractivity contribution in [3.05, 3.63) is 35.5 Å². The molecular weight excluding hydrogens is 236 g/mol. The Bertz CT molecular complexity index is 579. The van der Waals surface area contributed by atoms with Gasteiger partial charge in [0.1, 0.15) is 0 Å². The van der Waals surface area contributed by atoms with Gasteiger partial charge in [-0.05, 0) is 18.2 Å². The van der Waals surface area contributed by atoms with Crippen molar-refractivity contribution in [1.29, 1.82) is 0 Å². The van der Waals surface area contributed by atoms with Gasteiger partial charge < -0.3 is 20.7 Å². The third-order valence-corrected chi connectivity index (χ3v) is 2.28. The van der Waals surface area contributed by atoms with E-state index in [2.05, 4.69) is 15.5 Å². The Morgan fingerprint density at radius 3 is 2.94 bits per heavy atom. The van der Waals surface area contributed by atoms with Crippen LogP contribution in [0.2, 0.25) is 0 Å². The molecule has 0 aliphatic heterocycles. The lowest BCUT2D eigenvalue weighted by atomic mass is 10.1. The molecule has 0 radical (unpaired) electrons. The largest absolute Gasteiger partial charge is 0.478 e. The number of aromatic carboxylic acids is 1. The number of hydrogen-bond acceptors (Lipinski definition) is 6. The molecule has 0 saturated carbocycles. The zero-order chi connectivity index (χ0) is 13.1. The maximum atomic E-state index is 11.0. The van der Waals surface area contributed by atoms with Crippen molar-refractivity contribution in [2.24, 2.45) is 0 Å². The molecule has 0 unspecified atom stereocenters. The van der Waals surface area contributed by atoms with Crippen LogP contribution in [0.1, 0.15) is 22.1 Å². The van der Waals surface area contributed by atoms with Crippen LogP contribution in [0.4, 0.5) is 11.4 Å². The first-order chi connectivity index (χ1) is 8.56. The van der Waals surface area contributed by atoms with E-state index in [1.54, 1.807) is 13.0 Å². The number of hydrogen-bond donors (Lipinski definition) is 3. The number of nitrogens with one attached hydrogen (secondary N) is 1. The van der Waals surface area contributed by atoms with E-state index in [0.717, 1.165) is 0 Å². The van der Waals surface area contributed by atoms with Crippen LogP contribution in [-0.2, 0) is 6.54 Å². The maximum absolute atomic E-state index is 11.0. The van der Waals surface area contributed by atoms with Crippen molar-refractivity contribution in [2.75, 3.05) is 11.1 Å². The SMILES string of the molecule is Cc1nc(CNc2cc(N)ccc2C(=O)O)no1. The smallest absolute Gasteiger partial charge is 0.337 e. The summed E-state index contributed by atoms with van der Waals surface area (Å²) in [5.74, 6) is -0.120. The average Bonchev–Trinajstić information content (AvgIpc) is 2.72. The normalized spacial score (nSPS) is 10.3. The Labute approximate surface area is 103 Å². The number of nitrogens with two attached hydrogens (primary N) is 1. The Morgan fingerprint density at radius 1 is 1.56 bits per heavy atom. The molecule has 2 aromatic rings. The minimum Gasteiger partial charge on any atom is -0.478 e. The van der Waals surface area contributed by atoms with E-state index in [1.165, 1.54) is 12.1 Å². The summed E-state index contributed by atoms with van der Waals surface area (Å²) < 4.78 is 4.81. The second kappa shape index (κ2) is 4.74. The first-order valence-corrected chi connectivity index (χ1v) is 5.22. The number of carboxylic acids is 1. The van der Waals surface area contributed by atoms with Crippen molar-refractivity contribution < 1.29 is 14.4 Å². The molecule has 7 nitrogen and oxygen atoms in total. The fourth-order valence-corrected chi connectivity index (χ4v) is 1.48. The van der Waals surface area contributed by atoms with Crippen molar-refractivity contribution >= 4 is 17.3 Å². The standard InChI is InChI=1S/C11H12N4O3/c1-6-14-10(15-18-6)5-13-9-4-7(12)2-3-8(9)11(16)17/h2-4,13H,5,12H2,1H3,(H,16,17). The summed E-state index contributed by atoms with van der Waals surface area (Å²) in [5.41, 5.74) is 6.66. The van der Waals surface area contributed by atoms with Gasteiger partial charge >= 0.3 is 5.97 Å². The van der Waals surface area contributed by atoms with Crippen LogP contribution >= 0.6 is 0 Å². The van der Waals surface area contributed by atoms with E-state index < -0.39 is 5.97 Å². The lowest BCUT2D eigenvalue weighted by Crippen LogP contribution is -2.08. The highest BCUT2D eigenvalue weighted by atomic mass is 16.5. The monoisotopic (exact) mass is 248 g/mol. The number of rotatable bonds is 4. The second-order valence-corrected chi connectivity index (χ2v) is 3.69. The first kappa shape index (κ1) is 11.9. The fourth-order valence-electron chi connectivity index (χ4n) is 1.48. The summed E-state index contributed by atoms with van der Waals surface area (Å²) >= 11 is 0. The van der Waals surface area contributed by atoms with E-state index in [4.69, 9.17) is 15.4 Å². The first-order valence-electron chi connectivity index (χ1n) is 5.22. The van der Waals surface area contributed by atoms with E-state index in [9.17, 15) is 4.79 Å². The van der Waals surface area contributed by atoms with Gasteiger partial charge in [-0.2, -0.15) is 4.98 Å². The molecule has 1 aromatic heterocycles. The van der Waals surface area contributed by atoms with Gasteiger partial charge in [-0.3, -0.25) is 0 Å². The molecule has 0 aliphatic carbocycles. The number of nitrogens with zero attached hydrogens (tertiary/aromatic N) is 2. The Kier molecular flexibility index (Phi) is 3.13. The van der Waals surface area contributed by atoms with Crippen molar-refractivity contribution in [3.63, 3.8) is 0 Å². The molecule has 0 aliphatic rings. The number of benzene rings is 1. The maximum Gasteiger partial charge on any atom is 0.337 e. The predicted octanol–water partition coefficient (Wildman–Crippen LogP) is 1.27. The number of nitrogen functional groups attached to an aromatic ring is 1. The molecule has 0 bridgehead atoms. The number of carbonyl (C=O) groups is 1. The molecule has 0 spiro atoms. The Balaban J connectivity index is 2.17. The Morgan fingerprint density at radius 2 is 2.33 bits per heavy atom. The molecule has 1 aromatic carbocycles. The van der Waals surface area contributed by atoms with Gasteiger partial charge in [0.05, 0.1) is 17.8 Å². The lowest BCUT2D eigenvalue weighted by molar-refractivity contribution is 0.0698. The van der Waals surface area contributed by atoms with Crippen LogP contribution in [0.15, 0.2) is 22.7 Å². The minimum absolute atomic E-state index is 0.143. The van der Waals surface area contributed by atoms with E-state index in [-0.39, 0.29) is 12.1 Å². The van der Waals surface area contributed by atoms with Gasteiger partial charge in [0, 0.05) is 12.6 Å². The third-order valence-electron chi connectivity index (χ3n) is 2.28. The zero-order valence-electron chi connectivity index (χ0n) is 9.67. The molecular formula is C11H12N4O3. The third kappa shape index (κ3) is 2.57. The molecule has 18 heavy (non-hydrogen) atoms. The van der Waals surface area contributed by atoms with Crippen LogP contribution in [-0.4, -0.2) is 21.2 Å². The predicted molar refractivity (Wildman–Crippen MR) is 64.2 cm³/mol. The quantitative estimate of drug-likeness (QED) is 0.698. The van der Waals surface area contributed by atoms with Crippen LogP contribution in [0.3, 0.4) is 0 Å². The van der Waals surface area contributed by atoms with Gasteiger partial charge in [0.15, 0.2) is 5.82 Å². The molecule has 0 amide bonds. The van der Waals surface area contributed by atoms with Crippen molar-refractivity contribution in [3.8, 4) is 0 Å². The topological polar surface area (TPSA) is 114 Å². The summed E-state index contributed by atoms with van der Waals surface area (Å²) in [6.07, 6.45) is 0. The van der Waals surface area contributed by atoms with Gasteiger partial charge in [-0.1, -0.05) is 5.16 Å². The number of carboxylic acid groups (broad SMARTS) is 1. The molecule has 7 heteroatoms. The summed E-state index contributed by atoms with van der Waals surface area (Å²) in [6, 6.07) is 4.53. The minimum atomic E-state index is -1.03. The van der Waals surface area contributed by atoms with Crippen LogP contribution in [0, 0.1) is 6.92 Å². The van der Waals surface area contributed by atoms with E-state index in [0.29, 0.717) is 23.1 Å². The van der Waals surface area contributed by atoms with Crippen molar-refractivity contribution in [2.45, 2.75) is 13.5 Å². The van der Waals surface area contributed by atoms with Gasteiger partial charge in [-0.25, -0.2) is 4.79 Å². The van der Waals surface area contributed by atoms with E-state index >= 15 is 0 Å². The molecule has 0 fully saturated rings. The van der Waals surface area contributed by atoms with Gasteiger partial charge in [-0.15, -0.1) is 0 Å². The lowest BCUT2D eigenvalue weighted by Gasteiger charge is -2.08. The molecule has 0 atom stereocenters. The highest BCUT2D eigenvalue weighted by Crippen LogP contribution is 2.19. The van der Waals surface area contributed by atoms with Gasteiger partial charge in [0.2, 0.25) is 5.89 Å². The molecule has 2 rings (SSSR count). The number of aryl methyl sites for hydroxylation is 1. The highest BCUT2D eigenvalue weighted by Gasteiger charge is 2.11. The van der Waals surface area contributed by atoms with Gasteiger partial charge in [0.25, 0.3) is 0 Å². The van der Waals surface area contributed by atoms with Crippen LogP contribution < -0.4 is 11.1 Å². The van der Waals surface area contributed by atoms with Crippen LogP contribution in [0.5, 0.6) is 0 Å². The molecule has 4 N–H and O–H groups in total. The van der Waals surface area contributed by atoms with E-state index in [1.807, 2.05) is 0 Å². The summed E-state index contributed by atoms with van der Waals surface area (Å²) in [4.78, 5) is 15.0. The molecule has 0 saturated heterocycles. The van der Waals surface area contributed by atoms with Crippen LogP contribution in [0.25, 0.3) is 0 Å². The Hall–Kier alpha value is -2.57. The summed E-state index contributed by atoms with van der Waals surface area (Å²) in [6.45, 7) is 1.95. The zero-order valence-corrected chi connectivity index (χ0v) is 9.67. The second-order valence-electron chi connectivity index (χ2n) is 3.69. The molecule has 94 valence electrons. The highest BCUT2D eigenvalue weighted by molar-refractivity contribution is 5.95. The fraction of sp³-hybridized carbons (Fsp3) is 0.182. The summed E-state index contributed by atoms with van der Waals surface area (Å²) in [7, 11) is 0.